The van der Waals surface area contributed by atoms with E-state index in [-0.39, 0.29) is 17.5 Å². The van der Waals surface area contributed by atoms with E-state index >= 15 is 0 Å². The predicted octanol–water partition coefficient (Wildman–Crippen LogP) is 6.47. The van der Waals surface area contributed by atoms with Gasteiger partial charge in [0.05, 0.1) is 11.4 Å². The molecule has 1 aliphatic carbocycles. The first-order chi connectivity index (χ1) is 18.7. The Morgan fingerprint density at radius 1 is 0.974 bits per heavy atom. The van der Waals surface area contributed by atoms with Gasteiger partial charge in [-0.25, -0.2) is 4.68 Å². The number of benzene rings is 3. The Labute approximate surface area is 223 Å². The fourth-order valence-electron chi connectivity index (χ4n) is 4.69. The molecule has 0 bridgehead atoms. The van der Waals surface area contributed by atoms with Crippen molar-refractivity contribution < 1.29 is 9.53 Å². The molecular weight excluding hydrogens is 472 g/mol. The molecule has 6 nitrogen and oxygen atoms in total. The number of carbonyl (C=O) groups excluding carboxylic acids is 1. The van der Waals surface area contributed by atoms with Crippen molar-refractivity contribution in [2.75, 3.05) is 0 Å². The molecule has 4 aromatic rings. The van der Waals surface area contributed by atoms with Crippen molar-refractivity contribution >= 4 is 12.0 Å². The topological polar surface area (TPSA) is 79.9 Å². The third kappa shape index (κ3) is 6.19. The number of nitriles is 1. The van der Waals surface area contributed by atoms with E-state index in [0.29, 0.717) is 17.9 Å². The SMILES string of the molecule is N#CC(=Cc1cn(-c2ccccc2)nc1-c1ccc(OCc2ccccc2)cc1)C(=O)NC1CCCCC1. The number of amides is 1. The van der Waals surface area contributed by atoms with Crippen LogP contribution < -0.4 is 10.1 Å². The second kappa shape index (κ2) is 12.1. The first-order valence-electron chi connectivity index (χ1n) is 13.0. The second-order valence-corrected chi connectivity index (χ2v) is 9.49. The summed E-state index contributed by atoms with van der Waals surface area (Å²) in [7, 11) is 0. The summed E-state index contributed by atoms with van der Waals surface area (Å²) in [6, 6.07) is 29.7. The molecule has 1 N–H and O–H groups in total. The summed E-state index contributed by atoms with van der Waals surface area (Å²) in [6.07, 6.45) is 8.83. The Morgan fingerprint density at radius 2 is 1.66 bits per heavy atom. The molecule has 6 heteroatoms. The standard InChI is InChI=1S/C32H30N4O2/c33-21-26(32(37)34-28-12-6-2-7-13-28)20-27-22-36(29-14-8-3-9-15-29)35-31(27)25-16-18-30(19-17-25)38-23-24-10-4-1-5-11-24/h1,3-5,8-11,14-20,22,28H,2,6-7,12-13,23H2,(H,34,37). The van der Waals surface area contributed by atoms with Gasteiger partial charge in [-0.2, -0.15) is 10.4 Å². The van der Waals surface area contributed by atoms with Gasteiger partial charge in [0.1, 0.15) is 24.0 Å². The third-order valence-corrected chi connectivity index (χ3v) is 6.74. The minimum Gasteiger partial charge on any atom is -0.489 e. The molecule has 1 saturated carbocycles. The largest absolute Gasteiger partial charge is 0.489 e. The lowest BCUT2D eigenvalue weighted by Crippen LogP contribution is -2.36. The molecule has 0 unspecified atom stereocenters. The predicted molar refractivity (Wildman–Crippen MR) is 148 cm³/mol. The summed E-state index contributed by atoms with van der Waals surface area (Å²) in [6.45, 7) is 0.485. The zero-order valence-corrected chi connectivity index (χ0v) is 21.2. The Bertz CT molecular complexity index is 1430. The van der Waals surface area contributed by atoms with Crippen molar-refractivity contribution in [2.45, 2.75) is 44.8 Å². The van der Waals surface area contributed by atoms with E-state index < -0.39 is 0 Å². The molecule has 1 fully saturated rings. The number of aromatic nitrogens is 2. The van der Waals surface area contributed by atoms with E-state index in [4.69, 9.17) is 9.84 Å². The van der Waals surface area contributed by atoms with Gasteiger partial charge >= 0.3 is 0 Å². The lowest BCUT2D eigenvalue weighted by Gasteiger charge is -2.22. The Kier molecular flexibility index (Phi) is 7.95. The highest BCUT2D eigenvalue weighted by atomic mass is 16.5. The van der Waals surface area contributed by atoms with Gasteiger partial charge in [-0.05, 0) is 60.9 Å². The first-order valence-corrected chi connectivity index (χ1v) is 13.0. The van der Waals surface area contributed by atoms with Crippen LogP contribution in [0.2, 0.25) is 0 Å². The van der Waals surface area contributed by atoms with Gasteiger partial charge in [-0.1, -0.05) is 67.8 Å². The van der Waals surface area contributed by atoms with Crippen LogP contribution in [0, 0.1) is 11.3 Å². The molecule has 1 aliphatic rings. The van der Waals surface area contributed by atoms with Crippen molar-refractivity contribution in [3.05, 3.63) is 108 Å². The number of hydrogen-bond acceptors (Lipinski definition) is 4. The molecule has 190 valence electrons. The number of ether oxygens (including phenoxy) is 1. The summed E-state index contributed by atoms with van der Waals surface area (Å²) >= 11 is 0. The highest BCUT2D eigenvalue weighted by Crippen LogP contribution is 2.28. The Balaban J connectivity index is 1.42. The van der Waals surface area contributed by atoms with Gasteiger partial charge in [-0.15, -0.1) is 0 Å². The van der Waals surface area contributed by atoms with E-state index in [1.165, 1.54) is 6.42 Å². The molecule has 0 spiro atoms. The number of hydrogen-bond donors (Lipinski definition) is 1. The van der Waals surface area contributed by atoms with Crippen LogP contribution in [-0.4, -0.2) is 21.7 Å². The van der Waals surface area contributed by atoms with Crippen LogP contribution in [0.4, 0.5) is 0 Å². The summed E-state index contributed by atoms with van der Waals surface area (Å²) in [4.78, 5) is 13.0. The quantitative estimate of drug-likeness (QED) is 0.221. The Morgan fingerprint density at radius 3 is 2.34 bits per heavy atom. The van der Waals surface area contributed by atoms with Crippen LogP contribution in [0.5, 0.6) is 5.75 Å². The lowest BCUT2D eigenvalue weighted by atomic mass is 9.95. The van der Waals surface area contributed by atoms with Crippen molar-refractivity contribution in [2.24, 2.45) is 0 Å². The molecule has 3 aromatic carbocycles. The molecule has 5 rings (SSSR count). The summed E-state index contributed by atoms with van der Waals surface area (Å²) in [5, 5.41) is 17.7. The molecule has 1 heterocycles. The molecule has 0 radical (unpaired) electrons. The van der Waals surface area contributed by atoms with Crippen LogP contribution in [0.1, 0.15) is 43.2 Å². The highest BCUT2D eigenvalue weighted by molar-refractivity contribution is 6.02. The molecule has 0 aliphatic heterocycles. The van der Waals surface area contributed by atoms with Crippen molar-refractivity contribution in [3.63, 3.8) is 0 Å². The van der Waals surface area contributed by atoms with E-state index in [1.807, 2.05) is 91.1 Å². The summed E-state index contributed by atoms with van der Waals surface area (Å²) in [5.74, 6) is 0.421. The fourth-order valence-corrected chi connectivity index (χ4v) is 4.69. The minimum atomic E-state index is -0.331. The van der Waals surface area contributed by atoms with Crippen LogP contribution in [-0.2, 0) is 11.4 Å². The molecule has 1 amide bonds. The third-order valence-electron chi connectivity index (χ3n) is 6.74. The van der Waals surface area contributed by atoms with Crippen molar-refractivity contribution in [3.8, 4) is 28.8 Å². The monoisotopic (exact) mass is 502 g/mol. The molecule has 38 heavy (non-hydrogen) atoms. The first kappa shape index (κ1) is 25.0. The molecule has 1 aromatic heterocycles. The second-order valence-electron chi connectivity index (χ2n) is 9.49. The van der Waals surface area contributed by atoms with Gasteiger partial charge < -0.3 is 10.1 Å². The van der Waals surface area contributed by atoms with Crippen LogP contribution >= 0.6 is 0 Å². The van der Waals surface area contributed by atoms with Gasteiger partial charge in [0.25, 0.3) is 5.91 Å². The maximum atomic E-state index is 13.0. The van der Waals surface area contributed by atoms with E-state index in [2.05, 4.69) is 11.4 Å². The number of para-hydroxylation sites is 1. The normalized spacial score (nSPS) is 14.0. The number of rotatable bonds is 8. The maximum Gasteiger partial charge on any atom is 0.262 e. The fraction of sp³-hybridized carbons (Fsp3) is 0.219. The van der Waals surface area contributed by atoms with E-state index in [1.54, 1.807) is 10.8 Å². The van der Waals surface area contributed by atoms with Crippen LogP contribution in [0.3, 0.4) is 0 Å². The van der Waals surface area contributed by atoms with Gasteiger partial charge in [0, 0.05) is 23.4 Å². The maximum absolute atomic E-state index is 13.0. The lowest BCUT2D eigenvalue weighted by molar-refractivity contribution is -0.117. The average molecular weight is 503 g/mol. The van der Waals surface area contributed by atoms with Crippen molar-refractivity contribution in [1.82, 2.24) is 15.1 Å². The summed E-state index contributed by atoms with van der Waals surface area (Å²) < 4.78 is 7.71. The number of nitrogens with one attached hydrogen (secondary N) is 1. The highest BCUT2D eigenvalue weighted by Gasteiger charge is 2.19. The van der Waals surface area contributed by atoms with Gasteiger partial charge in [0.15, 0.2) is 0 Å². The minimum absolute atomic E-state index is 0.0762. The number of nitrogens with zero attached hydrogens (tertiary/aromatic N) is 3. The van der Waals surface area contributed by atoms with E-state index in [0.717, 1.165) is 48.2 Å². The summed E-state index contributed by atoms with van der Waals surface area (Å²) in [5.41, 5.74) is 4.31. The van der Waals surface area contributed by atoms with Gasteiger partial charge in [0.2, 0.25) is 0 Å². The molecular formula is C32H30N4O2. The smallest absolute Gasteiger partial charge is 0.262 e. The molecule has 0 atom stereocenters. The van der Waals surface area contributed by atoms with Crippen LogP contribution in [0.25, 0.3) is 23.0 Å². The number of carbonyl (C=O) groups is 1. The van der Waals surface area contributed by atoms with Crippen LogP contribution in [0.15, 0.2) is 96.7 Å². The zero-order chi connectivity index (χ0) is 26.2. The zero-order valence-electron chi connectivity index (χ0n) is 21.2. The van der Waals surface area contributed by atoms with Gasteiger partial charge in [-0.3, -0.25) is 4.79 Å². The Hall–Kier alpha value is -4.63. The average Bonchev–Trinajstić information content (AvgIpc) is 3.40. The van der Waals surface area contributed by atoms with Crippen molar-refractivity contribution in [1.29, 1.82) is 5.26 Å². The molecule has 0 saturated heterocycles. The van der Waals surface area contributed by atoms with E-state index in [9.17, 15) is 10.1 Å².